The first-order valence-electron chi connectivity index (χ1n) is 7.54. The van der Waals surface area contributed by atoms with E-state index in [1.54, 1.807) is 24.3 Å². The Kier molecular flexibility index (Phi) is 3.93. The molecule has 1 atom stereocenters. The molecular weight excluding hydrogens is 272 g/mol. The topological polar surface area (TPSA) is 44.1 Å². The molecule has 0 radical (unpaired) electrons. The standard InChI is InChI=1S/C19H18N2O/c1-14-4-2-3-5-18(14)17-10-11-21(13-17)19(22)16-8-6-15(12-20)7-9-16/h2-9,17H,10-11,13H2,1H3/t17-/m0/s1. The van der Waals surface area contributed by atoms with E-state index in [4.69, 9.17) is 5.26 Å². The number of likely N-dealkylation sites (tertiary alicyclic amines) is 1. The number of nitrogens with zero attached hydrogens (tertiary/aromatic N) is 2. The van der Waals surface area contributed by atoms with Crippen molar-refractivity contribution in [1.82, 2.24) is 4.90 Å². The fourth-order valence-corrected chi connectivity index (χ4v) is 3.11. The van der Waals surface area contributed by atoms with E-state index in [0.29, 0.717) is 17.0 Å². The van der Waals surface area contributed by atoms with E-state index in [2.05, 4.69) is 31.2 Å². The Labute approximate surface area is 130 Å². The number of amides is 1. The largest absolute Gasteiger partial charge is 0.338 e. The molecule has 3 heteroatoms. The third-order valence-corrected chi connectivity index (χ3v) is 4.36. The van der Waals surface area contributed by atoms with Crippen molar-refractivity contribution >= 4 is 5.91 Å². The number of rotatable bonds is 2. The summed E-state index contributed by atoms with van der Waals surface area (Å²) in [5.74, 6) is 0.476. The van der Waals surface area contributed by atoms with Crippen LogP contribution in [0.4, 0.5) is 0 Å². The van der Waals surface area contributed by atoms with Crippen LogP contribution in [0, 0.1) is 18.3 Å². The lowest BCUT2D eigenvalue weighted by Crippen LogP contribution is -2.28. The maximum absolute atomic E-state index is 12.6. The highest BCUT2D eigenvalue weighted by Gasteiger charge is 2.28. The van der Waals surface area contributed by atoms with Crippen molar-refractivity contribution in [1.29, 1.82) is 5.26 Å². The summed E-state index contributed by atoms with van der Waals surface area (Å²) in [7, 11) is 0. The zero-order valence-corrected chi connectivity index (χ0v) is 12.6. The molecule has 22 heavy (non-hydrogen) atoms. The van der Waals surface area contributed by atoms with Gasteiger partial charge in [-0.15, -0.1) is 0 Å². The molecule has 0 aliphatic carbocycles. The second-order valence-corrected chi connectivity index (χ2v) is 5.78. The lowest BCUT2D eigenvalue weighted by molar-refractivity contribution is 0.0791. The zero-order valence-electron chi connectivity index (χ0n) is 12.6. The van der Waals surface area contributed by atoms with Gasteiger partial charge in [-0.05, 0) is 48.7 Å². The molecule has 1 saturated heterocycles. The Morgan fingerprint density at radius 2 is 1.91 bits per heavy atom. The first-order valence-corrected chi connectivity index (χ1v) is 7.54. The van der Waals surface area contributed by atoms with Crippen LogP contribution in [0.5, 0.6) is 0 Å². The molecule has 0 spiro atoms. The van der Waals surface area contributed by atoms with Gasteiger partial charge in [0.05, 0.1) is 11.6 Å². The molecule has 2 aromatic carbocycles. The zero-order chi connectivity index (χ0) is 15.5. The van der Waals surface area contributed by atoms with Crippen LogP contribution in [-0.4, -0.2) is 23.9 Å². The van der Waals surface area contributed by atoms with E-state index in [9.17, 15) is 4.79 Å². The predicted molar refractivity (Wildman–Crippen MR) is 85.6 cm³/mol. The van der Waals surface area contributed by atoms with Crippen LogP contribution in [0.25, 0.3) is 0 Å². The summed E-state index contributed by atoms with van der Waals surface area (Å²) in [4.78, 5) is 14.5. The summed E-state index contributed by atoms with van der Waals surface area (Å²) in [5.41, 5.74) is 3.87. The summed E-state index contributed by atoms with van der Waals surface area (Å²) >= 11 is 0. The molecule has 1 aliphatic rings. The molecule has 0 unspecified atom stereocenters. The molecule has 0 N–H and O–H groups in total. The number of benzene rings is 2. The number of aryl methyl sites for hydroxylation is 1. The van der Waals surface area contributed by atoms with E-state index in [-0.39, 0.29) is 5.91 Å². The minimum Gasteiger partial charge on any atom is -0.338 e. The Bertz CT molecular complexity index is 728. The van der Waals surface area contributed by atoms with Crippen molar-refractivity contribution in [2.75, 3.05) is 13.1 Å². The Morgan fingerprint density at radius 1 is 1.18 bits per heavy atom. The number of carbonyl (C=O) groups excluding carboxylic acids is 1. The highest BCUT2D eigenvalue weighted by molar-refractivity contribution is 5.94. The van der Waals surface area contributed by atoms with E-state index >= 15 is 0 Å². The molecule has 3 nitrogen and oxygen atoms in total. The minimum atomic E-state index is 0.0561. The lowest BCUT2D eigenvalue weighted by Gasteiger charge is -2.17. The van der Waals surface area contributed by atoms with Crippen molar-refractivity contribution in [2.24, 2.45) is 0 Å². The molecule has 0 aromatic heterocycles. The maximum Gasteiger partial charge on any atom is 0.253 e. The van der Waals surface area contributed by atoms with Gasteiger partial charge in [-0.25, -0.2) is 0 Å². The quantitative estimate of drug-likeness (QED) is 0.849. The van der Waals surface area contributed by atoms with Gasteiger partial charge in [0.25, 0.3) is 5.91 Å². The molecule has 1 fully saturated rings. The van der Waals surface area contributed by atoms with Gasteiger partial charge in [-0.2, -0.15) is 5.26 Å². The summed E-state index contributed by atoms with van der Waals surface area (Å²) in [6, 6.07) is 17.3. The van der Waals surface area contributed by atoms with Crippen LogP contribution >= 0.6 is 0 Å². The van der Waals surface area contributed by atoms with Gasteiger partial charge >= 0.3 is 0 Å². The molecule has 1 heterocycles. The molecular formula is C19H18N2O. The number of hydrogen-bond donors (Lipinski definition) is 0. The SMILES string of the molecule is Cc1ccccc1[C@H]1CCN(C(=O)c2ccc(C#N)cc2)C1. The molecule has 1 aliphatic heterocycles. The fourth-order valence-electron chi connectivity index (χ4n) is 3.11. The van der Waals surface area contributed by atoms with Crippen molar-refractivity contribution in [3.8, 4) is 6.07 Å². The van der Waals surface area contributed by atoms with E-state index in [0.717, 1.165) is 19.5 Å². The lowest BCUT2D eigenvalue weighted by atomic mass is 9.94. The number of hydrogen-bond acceptors (Lipinski definition) is 2. The second kappa shape index (κ2) is 6.03. The van der Waals surface area contributed by atoms with Gasteiger partial charge < -0.3 is 4.90 Å². The molecule has 3 rings (SSSR count). The average molecular weight is 290 g/mol. The van der Waals surface area contributed by atoms with Crippen LogP contribution in [0.1, 0.15) is 39.4 Å². The molecule has 0 bridgehead atoms. The fraction of sp³-hybridized carbons (Fsp3) is 0.263. The Morgan fingerprint density at radius 3 is 2.59 bits per heavy atom. The molecule has 1 amide bonds. The smallest absolute Gasteiger partial charge is 0.253 e. The van der Waals surface area contributed by atoms with E-state index in [1.807, 2.05) is 11.0 Å². The van der Waals surface area contributed by atoms with E-state index in [1.165, 1.54) is 11.1 Å². The third-order valence-electron chi connectivity index (χ3n) is 4.36. The van der Waals surface area contributed by atoms with Gasteiger partial charge in [0.2, 0.25) is 0 Å². The summed E-state index contributed by atoms with van der Waals surface area (Å²) in [5, 5.41) is 8.82. The predicted octanol–water partition coefficient (Wildman–Crippen LogP) is 3.50. The normalized spacial score (nSPS) is 17.3. The van der Waals surface area contributed by atoms with Crippen molar-refractivity contribution < 1.29 is 4.79 Å². The van der Waals surface area contributed by atoms with Crippen molar-refractivity contribution in [3.63, 3.8) is 0 Å². The Hall–Kier alpha value is -2.60. The summed E-state index contributed by atoms with van der Waals surface area (Å²) in [6.07, 6.45) is 1.01. The Balaban J connectivity index is 1.73. The first kappa shape index (κ1) is 14.3. The van der Waals surface area contributed by atoms with Gasteiger partial charge in [0.1, 0.15) is 0 Å². The second-order valence-electron chi connectivity index (χ2n) is 5.78. The van der Waals surface area contributed by atoms with Gasteiger partial charge in [0.15, 0.2) is 0 Å². The van der Waals surface area contributed by atoms with Crippen LogP contribution < -0.4 is 0 Å². The van der Waals surface area contributed by atoms with Crippen molar-refractivity contribution in [2.45, 2.75) is 19.3 Å². The first-order chi connectivity index (χ1) is 10.7. The monoisotopic (exact) mass is 290 g/mol. The van der Waals surface area contributed by atoms with Crippen LogP contribution in [0.2, 0.25) is 0 Å². The van der Waals surface area contributed by atoms with E-state index < -0.39 is 0 Å². The maximum atomic E-state index is 12.6. The van der Waals surface area contributed by atoms with Crippen molar-refractivity contribution in [3.05, 3.63) is 70.8 Å². The minimum absolute atomic E-state index is 0.0561. The number of carbonyl (C=O) groups is 1. The summed E-state index contributed by atoms with van der Waals surface area (Å²) in [6.45, 7) is 3.68. The highest BCUT2D eigenvalue weighted by atomic mass is 16.2. The highest BCUT2D eigenvalue weighted by Crippen LogP contribution is 2.30. The number of nitriles is 1. The third kappa shape index (κ3) is 2.73. The average Bonchev–Trinajstić information content (AvgIpc) is 3.04. The van der Waals surface area contributed by atoms with Gasteiger partial charge in [-0.3, -0.25) is 4.79 Å². The van der Waals surface area contributed by atoms with Crippen LogP contribution in [-0.2, 0) is 0 Å². The molecule has 2 aromatic rings. The molecule has 110 valence electrons. The van der Waals surface area contributed by atoms with Gasteiger partial charge in [-0.1, -0.05) is 24.3 Å². The van der Waals surface area contributed by atoms with Gasteiger partial charge in [0, 0.05) is 24.6 Å². The van der Waals surface area contributed by atoms with Crippen LogP contribution in [0.15, 0.2) is 48.5 Å². The molecule has 0 saturated carbocycles. The van der Waals surface area contributed by atoms with Crippen LogP contribution in [0.3, 0.4) is 0 Å². The summed E-state index contributed by atoms with van der Waals surface area (Å²) < 4.78 is 0.